The van der Waals surface area contributed by atoms with Gasteiger partial charge in [0.15, 0.2) is 5.76 Å². The van der Waals surface area contributed by atoms with Gasteiger partial charge in [-0.15, -0.1) is 0 Å². The second kappa shape index (κ2) is 8.54. The van der Waals surface area contributed by atoms with Crippen molar-refractivity contribution >= 4 is 17.5 Å². The van der Waals surface area contributed by atoms with Gasteiger partial charge >= 0.3 is 0 Å². The van der Waals surface area contributed by atoms with Gasteiger partial charge in [0.1, 0.15) is 11.5 Å². The van der Waals surface area contributed by atoms with E-state index in [4.69, 9.17) is 10.2 Å². The average molecular weight is 409 g/mol. The van der Waals surface area contributed by atoms with Gasteiger partial charge in [-0.3, -0.25) is 14.3 Å². The second-order valence-electron chi connectivity index (χ2n) is 8.03. The zero-order valence-electron chi connectivity index (χ0n) is 17.7. The highest BCUT2D eigenvalue weighted by Crippen LogP contribution is 2.25. The van der Waals surface area contributed by atoms with Gasteiger partial charge in [-0.25, -0.2) is 0 Å². The van der Waals surface area contributed by atoms with Crippen molar-refractivity contribution in [1.82, 2.24) is 15.1 Å². The Hall–Kier alpha value is -3.39. The van der Waals surface area contributed by atoms with Crippen LogP contribution >= 0.6 is 0 Å². The maximum absolute atomic E-state index is 12.7. The molecule has 0 saturated carbocycles. The molecule has 0 spiro atoms. The molecule has 0 aliphatic heterocycles. The van der Waals surface area contributed by atoms with E-state index in [1.165, 1.54) is 0 Å². The van der Waals surface area contributed by atoms with Gasteiger partial charge in [0.05, 0.1) is 5.69 Å². The molecule has 0 bridgehead atoms. The van der Waals surface area contributed by atoms with Crippen molar-refractivity contribution in [2.45, 2.75) is 26.2 Å². The molecule has 0 aliphatic carbocycles. The minimum atomic E-state index is -0.304. The molecule has 1 aromatic carbocycles. The Morgan fingerprint density at radius 2 is 1.80 bits per heavy atom. The van der Waals surface area contributed by atoms with Crippen LogP contribution in [0.5, 0.6) is 0 Å². The molecular formula is C22H27N5O3. The number of hydrogen-bond acceptors (Lipinski definition) is 5. The molecule has 0 aliphatic rings. The highest BCUT2D eigenvalue weighted by molar-refractivity contribution is 6.03. The van der Waals surface area contributed by atoms with E-state index in [1.807, 2.05) is 18.2 Å². The number of aromatic nitrogens is 2. The number of nitrogens with two attached hydrogens (primary N) is 1. The summed E-state index contributed by atoms with van der Waals surface area (Å²) in [5.74, 6) is 0.250. The zero-order chi connectivity index (χ0) is 21.9. The zero-order valence-corrected chi connectivity index (χ0v) is 17.7. The Morgan fingerprint density at radius 3 is 2.40 bits per heavy atom. The molecule has 0 atom stereocenters. The van der Waals surface area contributed by atoms with Crippen molar-refractivity contribution in [3.63, 3.8) is 0 Å². The van der Waals surface area contributed by atoms with Gasteiger partial charge in [-0.1, -0.05) is 20.8 Å². The molecule has 0 saturated heterocycles. The number of nitrogens with one attached hydrogen (secondary N) is 2. The third-order valence-electron chi connectivity index (χ3n) is 4.57. The van der Waals surface area contributed by atoms with Gasteiger partial charge < -0.3 is 20.8 Å². The second-order valence-corrected chi connectivity index (χ2v) is 8.03. The third kappa shape index (κ3) is 4.77. The summed E-state index contributed by atoms with van der Waals surface area (Å²) in [6, 6.07) is 12.4. The predicted octanol–water partition coefficient (Wildman–Crippen LogP) is 2.92. The van der Waals surface area contributed by atoms with Crippen LogP contribution in [0.25, 0.3) is 11.3 Å². The molecular weight excluding hydrogens is 382 g/mol. The van der Waals surface area contributed by atoms with E-state index < -0.39 is 0 Å². The fourth-order valence-electron chi connectivity index (χ4n) is 2.85. The van der Waals surface area contributed by atoms with Crippen LogP contribution in [0.3, 0.4) is 0 Å². The van der Waals surface area contributed by atoms with Crippen molar-refractivity contribution in [3.8, 4) is 11.3 Å². The first-order valence-electron chi connectivity index (χ1n) is 9.73. The monoisotopic (exact) mass is 409 g/mol. The lowest BCUT2D eigenvalue weighted by molar-refractivity contribution is 0.0927. The minimum absolute atomic E-state index is 0.138. The first-order chi connectivity index (χ1) is 14.2. The first-order valence-corrected chi connectivity index (χ1v) is 9.73. The molecule has 0 fully saturated rings. The molecule has 0 radical (unpaired) electrons. The van der Waals surface area contributed by atoms with Gasteiger partial charge in [0.2, 0.25) is 0 Å². The number of rotatable bonds is 6. The Labute approximate surface area is 175 Å². The molecule has 30 heavy (non-hydrogen) atoms. The Balaban J connectivity index is 1.69. The van der Waals surface area contributed by atoms with Crippen molar-refractivity contribution in [3.05, 3.63) is 59.6 Å². The Morgan fingerprint density at radius 1 is 1.10 bits per heavy atom. The van der Waals surface area contributed by atoms with E-state index in [0.29, 0.717) is 30.2 Å². The topological polar surface area (TPSA) is 115 Å². The third-order valence-corrected chi connectivity index (χ3v) is 4.57. The molecule has 2 aromatic heterocycles. The minimum Gasteiger partial charge on any atom is -0.451 e. The van der Waals surface area contributed by atoms with Crippen molar-refractivity contribution in [2.24, 2.45) is 12.8 Å². The Bertz CT molecular complexity index is 1040. The highest BCUT2D eigenvalue weighted by atomic mass is 16.3. The summed E-state index contributed by atoms with van der Waals surface area (Å²) in [7, 11) is 1.76. The lowest BCUT2D eigenvalue weighted by Gasteiger charge is -2.13. The summed E-state index contributed by atoms with van der Waals surface area (Å²) in [5, 5.41) is 9.98. The number of nitrogens with zero attached hydrogens (tertiary/aromatic N) is 2. The molecule has 4 N–H and O–H groups in total. The molecule has 158 valence electrons. The SMILES string of the molecule is Cn1nc(C(C)(C)C)cc1C(=O)Nc1ccc(-c2ccc(C(=O)NCCN)o2)cc1. The van der Waals surface area contributed by atoms with Crippen molar-refractivity contribution in [2.75, 3.05) is 18.4 Å². The summed E-state index contributed by atoms with van der Waals surface area (Å²) in [6.07, 6.45) is 0. The summed E-state index contributed by atoms with van der Waals surface area (Å²) in [4.78, 5) is 24.6. The van der Waals surface area contributed by atoms with E-state index in [-0.39, 0.29) is 23.0 Å². The average Bonchev–Trinajstić information content (AvgIpc) is 3.33. The van der Waals surface area contributed by atoms with Gasteiger partial charge in [-0.05, 0) is 42.5 Å². The number of amides is 2. The molecule has 8 nitrogen and oxygen atoms in total. The molecule has 8 heteroatoms. The number of carbonyl (C=O) groups excluding carboxylic acids is 2. The number of aryl methyl sites for hydroxylation is 1. The van der Waals surface area contributed by atoms with Gasteiger partial charge in [-0.2, -0.15) is 5.10 Å². The van der Waals surface area contributed by atoms with Crippen LogP contribution in [-0.2, 0) is 12.5 Å². The van der Waals surface area contributed by atoms with E-state index in [2.05, 4.69) is 36.5 Å². The van der Waals surface area contributed by atoms with Crippen LogP contribution < -0.4 is 16.4 Å². The summed E-state index contributed by atoms with van der Waals surface area (Å²) < 4.78 is 7.21. The van der Waals surface area contributed by atoms with Crippen LogP contribution in [0.1, 0.15) is 47.5 Å². The number of furan rings is 1. The molecule has 3 rings (SSSR count). The van der Waals surface area contributed by atoms with Gasteiger partial charge in [0, 0.05) is 36.8 Å². The summed E-state index contributed by atoms with van der Waals surface area (Å²) in [6.45, 7) is 6.91. The maximum atomic E-state index is 12.7. The normalized spacial score (nSPS) is 11.4. The van der Waals surface area contributed by atoms with E-state index in [0.717, 1.165) is 11.3 Å². The largest absolute Gasteiger partial charge is 0.451 e. The van der Waals surface area contributed by atoms with E-state index >= 15 is 0 Å². The standard InChI is InChI=1S/C22H27N5O3/c1-22(2,3)19-13-16(27(4)26-19)20(28)25-15-7-5-14(6-8-15)17-9-10-18(30-17)21(29)24-12-11-23/h5-10,13H,11-12,23H2,1-4H3,(H,24,29)(H,25,28). The van der Waals surface area contributed by atoms with Crippen LogP contribution in [0.2, 0.25) is 0 Å². The molecule has 3 aromatic rings. The van der Waals surface area contributed by atoms with Crippen LogP contribution in [0, 0.1) is 0 Å². The van der Waals surface area contributed by atoms with Crippen LogP contribution in [-0.4, -0.2) is 34.7 Å². The van der Waals surface area contributed by atoms with Crippen molar-refractivity contribution in [1.29, 1.82) is 0 Å². The molecule has 2 heterocycles. The van der Waals surface area contributed by atoms with E-state index in [1.54, 1.807) is 36.0 Å². The smallest absolute Gasteiger partial charge is 0.287 e. The lowest BCUT2D eigenvalue weighted by atomic mass is 9.92. The molecule has 0 unspecified atom stereocenters. The van der Waals surface area contributed by atoms with Gasteiger partial charge in [0.25, 0.3) is 11.8 Å². The predicted molar refractivity (Wildman–Crippen MR) is 115 cm³/mol. The number of hydrogen-bond donors (Lipinski definition) is 3. The summed E-state index contributed by atoms with van der Waals surface area (Å²) >= 11 is 0. The highest BCUT2D eigenvalue weighted by Gasteiger charge is 2.21. The lowest BCUT2D eigenvalue weighted by Crippen LogP contribution is -2.28. The Kier molecular flexibility index (Phi) is 6.07. The number of anilines is 1. The fourth-order valence-corrected chi connectivity index (χ4v) is 2.85. The number of carbonyl (C=O) groups is 2. The van der Waals surface area contributed by atoms with Crippen LogP contribution in [0.4, 0.5) is 5.69 Å². The van der Waals surface area contributed by atoms with E-state index in [9.17, 15) is 9.59 Å². The molecule has 2 amide bonds. The fraction of sp³-hybridized carbons (Fsp3) is 0.318. The maximum Gasteiger partial charge on any atom is 0.287 e. The van der Waals surface area contributed by atoms with Crippen LogP contribution in [0.15, 0.2) is 46.9 Å². The van der Waals surface area contributed by atoms with Crippen molar-refractivity contribution < 1.29 is 14.0 Å². The summed E-state index contributed by atoms with van der Waals surface area (Å²) in [5.41, 5.74) is 8.03. The number of benzene rings is 1. The first kappa shape index (κ1) is 21.3. The quantitative estimate of drug-likeness (QED) is 0.579.